The lowest BCUT2D eigenvalue weighted by Gasteiger charge is -2.15. The van der Waals surface area contributed by atoms with Crippen LogP contribution >= 0.6 is 0 Å². The van der Waals surface area contributed by atoms with Crippen molar-refractivity contribution in [2.24, 2.45) is 0 Å². The van der Waals surface area contributed by atoms with Crippen LogP contribution in [0.1, 0.15) is 41.8 Å². The van der Waals surface area contributed by atoms with Crippen molar-refractivity contribution in [1.82, 2.24) is 0 Å². The van der Waals surface area contributed by atoms with E-state index in [0.29, 0.717) is 30.3 Å². The molecule has 2 aromatic carbocycles. The molecule has 1 N–H and O–H groups in total. The quantitative estimate of drug-likeness (QED) is 0.915. The summed E-state index contributed by atoms with van der Waals surface area (Å²) in [5.41, 5.74) is 3.81. The highest BCUT2D eigenvalue weighted by molar-refractivity contribution is 6.05. The molecule has 126 valence electrons. The van der Waals surface area contributed by atoms with Crippen LogP contribution in [0.25, 0.3) is 0 Å². The van der Waals surface area contributed by atoms with E-state index in [-0.39, 0.29) is 5.91 Å². The van der Waals surface area contributed by atoms with Gasteiger partial charge in [0.05, 0.1) is 13.2 Å². The summed E-state index contributed by atoms with van der Waals surface area (Å²) in [6.45, 7) is 5.44. The maximum absolute atomic E-state index is 12.7. The van der Waals surface area contributed by atoms with Crippen LogP contribution in [0.5, 0.6) is 11.5 Å². The van der Waals surface area contributed by atoms with E-state index < -0.39 is 0 Å². The van der Waals surface area contributed by atoms with Crippen molar-refractivity contribution < 1.29 is 14.3 Å². The molecule has 0 saturated carbocycles. The highest BCUT2D eigenvalue weighted by Gasteiger charge is 2.16. The van der Waals surface area contributed by atoms with Gasteiger partial charge in [0.25, 0.3) is 5.91 Å². The van der Waals surface area contributed by atoms with E-state index in [9.17, 15) is 4.79 Å². The molecule has 4 nitrogen and oxygen atoms in total. The van der Waals surface area contributed by atoms with Gasteiger partial charge in [-0.2, -0.15) is 0 Å². The number of ether oxygens (including phenoxy) is 2. The summed E-state index contributed by atoms with van der Waals surface area (Å²) in [5, 5.41) is 3.08. The molecule has 2 aromatic rings. The molecule has 0 saturated heterocycles. The van der Waals surface area contributed by atoms with Crippen molar-refractivity contribution in [3.63, 3.8) is 0 Å². The molecule has 0 fully saturated rings. The van der Waals surface area contributed by atoms with Gasteiger partial charge < -0.3 is 14.8 Å². The average Bonchev–Trinajstić information content (AvgIpc) is 2.86. The fraction of sp³-hybridized carbons (Fsp3) is 0.350. The Morgan fingerprint density at radius 1 is 1.00 bits per heavy atom. The number of fused-ring (bicyclic) bond motifs is 1. The topological polar surface area (TPSA) is 47.6 Å². The average molecular weight is 325 g/mol. The first-order valence-electron chi connectivity index (χ1n) is 8.54. The Bertz CT molecular complexity index is 717. The maximum atomic E-state index is 12.7. The second-order valence-corrected chi connectivity index (χ2v) is 5.82. The van der Waals surface area contributed by atoms with Crippen molar-refractivity contribution in [3.8, 4) is 11.5 Å². The molecule has 24 heavy (non-hydrogen) atoms. The van der Waals surface area contributed by atoms with E-state index in [1.807, 2.05) is 12.1 Å². The highest BCUT2D eigenvalue weighted by Crippen LogP contribution is 2.31. The largest absolute Gasteiger partial charge is 0.490 e. The van der Waals surface area contributed by atoms with Gasteiger partial charge in [-0.1, -0.05) is 32.0 Å². The van der Waals surface area contributed by atoms with Gasteiger partial charge >= 0.3 is 0 Å². The van der Waals surface area contributed by atoms with Crippen LogP contribution in [0.4, 0.5) is 5.69 Å². The highest BCUT2D eigenvalue weighted by atomic mass is 16.5. The molecule has 3 rings (SSSR count). The molecule has 0 atom stereocenters. The second kappa shape index (κ2) is 7.39. The smallest absolute Gasteiger partial charge is 0.255 e. The van der Waals surface area contributed by atoms with Crippen LogP contribution in [0.15, 0.2) is 36.4 Å². The van der Waals surface area contributed by atoms with Gasteiger partial charge in [-0.15, -0.1) is 0 Å². The second-order valence-electron chi connectivity index (χ2n) is 5.82. The lowest BCUT2D eigenvalue weighted by molar-refractivity contribution is 0.102. The number of hydrogen-bond donors (Lipinski definition) is 1. The van der Waals surface area contributed by atoms with E-state index in [0.717, 1.165) is 36.1 Å². The van der Waals surface area contributed by atoms with Crippen LogP contribution < -0.4 is 14.8 Å². The minimum Gasteiger partial charge on any atom is -0.490 e. The SMILES string of the molecule is CCc1cccc(CC)c1NC(=O)c1ccc2c(c1)OCCCO2. The van der Waals surface area contributed by atoms with E-state index in [2.05, 4.69) is 31.3 Å². The molecule has 1 aliphatic heterocycles. The third-order valence-electron chi connectivity index (χ3n) is 4.25. The van der Waals surface area contributed by atoms with Crippen molar-refractivity contribution in [1.29, 1.82) is 0 Å². The number of carbonyl (C=O) groups excluding carboxylic acids is 1. The lowest BCUT2D eigenvalue weighted by atomic mass is 10.0. The number of nitrogens with one attached hydrogen (secondary N) is 1. The zero-order valence-corrected chi connectivity index (χ0v) is 14.2. The molecule has 1 heterocycles. The van der Waals surface area contributed by atoms with Gasteiger partial charge in [0, 0.05) is 17.7 Å². The number of rotatable bonds is 4. The first kappa shape index (κ1) is 16.4. The van der Waals surface area contributed by atoms with Crippen LogP contribution in [0.3, 0.4) is 0 Å². The molecule has 1 aliphatic rings. The fourth-order valence-corrected chi connectivity index (χ4v) is 2.89. The van der Waals surface area contributed by atoms with Crippen molar-refractivity contribution in [2.75, 3.05) is 18.5 Å². The Kier molecular flexibility index (Phi) is 5.04. The third-order valence-corrected chi connectivity index (χ3v) is 4.25. The van der Waals surface area contributed by atoms with E-state index >= 15 is 0 Å². The Labute approximate surface area is 142 Å². The summed E-state index contributed by atoms with van der Waals surface area (Å²) in [5.74, 6) is 1.22. The minimum absolute atomic E-state index is 0.124. The summed E-state index contributed by atoms with van der Waals surface area (Å²) in [7, 11) is 0. The standard InChI is InChI=1S/C20H23NO3/c1-3-14-7-5-8-15(4-2)19(14)21-20(22)16-9-10-17-18(13-16)24-12-6-11-23-17/h5,7-10,13H,3-4,6,11-12H2,1-2H3,(H,21,22). The van der Waals surface area contributed by atoms with E-state index in [1.165, 1.54) is 0 Å². The summed E-state index contributed by atoms with van der Waals surface area (Å²) in [6.07, 6.45) is 2.61. The fourth-order valence-electron chi connectivity index (χ4n) is 2.89. The lowest BCUT2D eigenvalue weighted by Crippen LogP contribution is -2.15. The molecule has 1 amide bonds. The summed E-state index contributed by atoms with van der Waals surface area (Å²) < 4.78 is 11.3. The number of benzene rings is 2. The Morgan fingerprint density at radius 2 is 1.67 bits per heavy atom. The van der Waals surface area contributed by atoms with Crippen LogP contribution in [0, 0.1) is 0 Å². The van der Waals surface area contributed by atoms with Crippen molar-refractivity contribution >= 4 is 11.6 Å². The van der Waals surface area contributed by atoms with E-state index in [1.54, 1.807) is 12.1 Å². The first-order chi connectivity index (χ1) is 11.7. The predicted octanol–water partition coefficient (Wildman–Crippen LogP) is 4.23. The third kappa shape index (κ3) is 3.37. The minimum atomic E-state index is -0.124. The number of hydrogen-bond acceptors (Lipinski definition) is 3. The number of para-hydroxylation sites is 1. The van der Waals surface area contributed by atoms with Crippen LogP contribution in [0.2, 0.25) is 0 Å². The Hall–Kier alpha value is -2.49. The van der Waals surface area contributed by atoms with Crippen molar-refractivity contribution in [2.45, 2.75) is 33.1 Å². The number of amides is 1. The van der Waals surface area contributed by atoms with Crippen LogP contribution in [-0.2, 0) is 12.8 Å². The molecule has 0 spiro atoms. The van der Waals surface area contributed by atoms with Gasteiger partial charge in [-0.25, -0.2) is 0 Å². The Balaban J connectivity index is 1.87. The molecule has 4 heteroatoms. The monoisotopic (exact) mass is 325 g/mol. The maximum Gasteiger partial charge on any atom is 0.255 e. The molecule has 0 radical (unpaired) electrons. The summed E-state index contributed by atoms with van der Waals surface area (Å²) in [4.78, 5) is 12.7. The van der Waals surface area contributed by atoms with Crippen molar-refractivity contribution in [3.05, 3.63) is 53.1 Å². The van der Waals surface area contributed by atoms with Gasteiger partial charge in [-0.3, -0.25) is 4.79 Å². The zero-order chi connectivity index (χ0) is 16.9. The number of carbonyl (C=O) groups is 1. The van der Waals surface area contributed by atoms with E-state index in [4.69, 9.17) is 9.47 Å². The normalized spacial score (nSPS) is 13.2. The number of anilines is 1. The van der Waals surface area contributed by atoms with Gasteiger partial charge in [0.1, 0.15) is 0 Å². The first-order valence-corrected chi connectivity index (χ1v) is 8.54. The Morgan fingerprint density at radius 3 is 2.33 bits per heavy atom. The van der Waals surface area contributed by atoms with Gasteiger partial charge in [0.2, 0.25) is 0 Å². The molecule has 0 bridgehead atoms. The molecule has 0 aromatic heterocycles. The summed E-state index contributed by atoms with van der Waals surface area (Å²) >= 11 is 0. The van der Waals surface area contributed by atoms with Gasteiger partial charge in [-0.05, 0) is 42.2 Å². The van der Waals surface area contributed by atoms with Crippen LogP contribution in [-0.4, -0.2) is 19.1 Å². The predicted molar refractivity (Wildman–Crippen MR) is 95.2 cm³/mol. The molecule has 0 aliphatic carbocycles. The summed E-state index contributed by atoms with van der Waals surface area (Å²) in [6, 6.07) is 11.5. The number of aryl methyl sites for hydroxylation is 2. The molecular formula is C20H23NO3. The van der Waals surface area contributed by atoms with Gasteiger partial charge in [0.15, 0.2) is 11.5 Å². The molecule has 0 unspecified atom stereocenters. The zero-order valence-electron chi connectivity index (χ0n) is 14.2. The molecular weight excluding hydrogens is 302 g/mol.